The average Bonchev–Trinajstić information content (AvgIpc) is 2.40. The minimum atomic E-state index is -3.03. The van der Waals surface area contributed by atoms with Crippen molar-refractivity contribution < 1.29 is 8.42 Å². The smallest absolute Gasteiger partial charge is 0.155 e. The van der Waals surface area contributed by atoms with E-state index in [9.17, 15) is 8.42 Å². The number of sulfone groups is 1. The van der Waals surface area contributed by atoms with E-state index in [4.69, 9.17) is 5.73 Å². The molecular weight excluding hydrogens is 234 g/mol. The molecule has 0 aliphatic heterocycles. The third kappa shape index (κ3) is 4.25. The third-order valence-corrected chi connectivity index (χ3v) is 6.51. The van der Waals surface area contributed by atoms with Gasteiger partial charge in [-0.25, -0.2) is 8.42 Å². The Kier molecular flexibility index (Phi) is 4.64. The molecule has 3 nitrogen and oxygen atoms in total. The lowest BCUT2D eigenvalue weighted by atomic mass is 9.89. The molecule has 1 aliphatic rings. The van der Waals surface area contributed by atoms with Gasteiger partial charge in [-0.3, -0.25) is 0 Å². The Morgan fingerprint density at radius 2 is 1.53 bits per heavy atom. The molecule has 1 fully saturated rings. The predicted molar refractivity (Wildman–Crippen MR) is 72.8 cm³/mol. The summed E-state index contributed by atoms with van der Waals surface area (Å²) in [6.45, 7) is 5.29. The fourth-order valence-electron chi connectivity index (χ4n) is 2.33. The Labute approximate surface area is 106 Å². The second-order valence-corrected chi connectivity index (χ2v) is 9.32. The van der Waals surface area contributed by atoms with Crippen LogP contribution in [0.3, 0.4) is 0 Å². The highest BCUT2D eigenvalue weighted by Crippen LogP contribution is 2.29. The second-order valence-electron chi connectivity index (χ2n) is 6.46. The molecule has 0 saturated heterocycles. The molecular formula is C13H27NO2S. The Bertz CT molecular complexity index is 333. The van der Waals surface area contributed by atoms with E-state index in [0.717, 1.165) is 25.7 Å². The Hall–Kier alpha value is -0.0900. The van der Waals surface area contributed by atoms with Crippen LogP contribution in [0, 0.1) is 0 Å². The van der Waals surface area contributed by atoms with Crippen LogP contribution in [-0.2, 0) is 9.84 Å². The minimum Gasteiger partial charge on any atom is -0.325 e. The Balaban J connectivity index is 2.60. The first-order chi connectivity index (χ1) is 7.66. The summed E-state index contributed by atoms with van der Waals surface area (Å²) < 4.78 is 23.5. The maximum Gasteiger partial charge on any atom is 0.155 e. The molecule has 102 valence electrons. The largest absolute Gasteiger partial charge is 0.325 e. The molecule has 0 aromatic heterocycles. The molecule has 1 saturated carbocycles. The Morgan fingerprint density at radius 3 is 1.94 bits per heavy atom. The van der Waals surface area contributed by atoms with Crippen LogP contribution in [0.5, 0.6) is 0 Å². The summed E-state index contributed by atoms with van der Waals surface area (Å²) in [7, 11) is -3.03. The molecule has 0 aromatic rings. The molecule has 0 aromatic carbocycles. The number of hydrogen-bond donors (Lipinski definition) is 1. The van der Waals surface area contributed by atoms with E-state index in [2.05, 4.69) is 0 Å². The molecule has 0 spiro atoms. The van der Waals surface area contributed by atoms with Gasteiger partial charge in [-0.2, -0.15) is 0 Å². The van der Waals surface area contributed by atoms with Crippen LogP contribution in [0.4, 0.5) is 0 Å². The average molecular weight is 261 g/mol. The summed E-state index contributed by atoms with van der Waals surface area (Å²) in [6.07, 6.45) is 7.35. The van der Waals surface area contributed by atoms with E-state index in [0.29, 0.717) is 6.42 Å². The fourth-order valence-corrected chi connectivity index (χ4v) is 3.61. The number of rotatable bonds is 3. The van der Waals surface area contributed by atoms with E-state index in [1.165, 1.54) is 12.8 Å². The maximum absolute atomic E-state index is 12.1. The highest BCUT2D eigenvalue weighted by atomic mass is 32.2. The van der Waals surface area contributed by atoms with Gasteiger partial charge in [0.05, 0.1) is 10.5 Å². The van der Waals surface area contributed by atoms with Gasteiger partial charge in [0.15, 0.2) is 9.84 Å². The Morgan fingerprint density at radius 1 is 1.06 bits per heavy atom. The van der Waals surface area contributed by atoms with Gasteiger partial charge in [0.25, 0.3) is 0 Å². The molecule has 0 atom stereocenters. The molecule has 0 heterocycles. The molecule has 4 heteroatoms. The van der Waals surface area contributed by atoms with E-state index >= 15 is 0 Å². The van der Waals surface area contributed by atoms with Crippen LogP contribution in [0.25, 0.3) is 0 Å². The summed E-state index contributed by atoms with van der Waals surface area (Å²) in [5.74, 6) is 0.229. The van der Waals surface area contributed by atoms with Crippen molar-refractivity contribution in [3.63, 3.8) is 0 Å². The lowest BCUT2D eigenvalue weighted by Gasteiger charge is -2.29. The highest BCUT2D eigenvalue weighted by molar-refractivity contribution is 7.92. The van der Waals surface area contributed by atoms with Crippen LogP contribution in [0.2, 0.25) is 0 Å². The molecule has 1 rings (SSSR count). The standard InChI is InChI=1S/C13H27NO2S/c1-12(2,3)17(15,16)11-10-13(14)8-6-4-5-7-9-13/h4-11,14H2,1-3H3. The van der Waals surface area contributed by atoms with Crippen LogP contribution < -0.4 is 5.73 Å². The molecule has 0 amide bonds. The van der Waals surface area contributed by atoms with Crippen molar-refractivity contribution in [2.24, 2.45) is 5.73 Å². The lowest BCUT2D eigenvalue weighted by Crippen LogP contribution is -2.42. The first-order valence-corrected chi connectivity index (χ1v) is 8.33. The summed E-state index contributed by atoms with van der Waals surface area (Å²) in [6, 6.07) is 0. The lowest BCUT2D eigenvalue weighted by molar-refractivity contribution is 0.359. The van der Waals surface area contributed by atoms with Gasteiger partial charge in [-0.1, -0.05) is 25.7 Å². The molecule has 1 aliphatic carbocycles. The fraction of sp³-hybridized carbons (Fsp3) is 1.00. The zero-order valence-electron chi connectivity index (χ0n) is 11.5. The third-order valence-electron chi connectivity index (χ3n) is 3.90. The van der Waals surface area contributed by atoms with Gasteiger partial charge in [-0.15, -0.1) is 0 Å². The summed E-state index contributed by atoms with van der Waals surface area (Å²) >= 11 is 0. The van der Waals surface area contributed by atoms with Gasteiger partial charge in [-0.05, 0) is 40.0 Å². The zero-order valence-corrected chi connectivity index (χ0v) is 12.3. The quantitative estimate of drug-likeness (QED) is 0.794. The van der Waals surface area contributed by atoms with Crippen LogP contribution in [-0.4, -0.2) is 24.5 Å². The monoisotopic (exact) mass is 261 g/mol. The molecule has 0 unspecified atom stereocenters. The van der Waals surface area contributed by atoms with Gasteiger partial charge in [0.1, 0.15) is 0 Å². The first kappa shape index (κ1) is 15.0. The van der Waals surface area contributed by atoms with E-state index in [1.807, 2.05) is 0 Å². The summed E-state index contributed by atoms with van der Waals surface area (Å²) in [5, 5.41) is 0. The molecule has 0 bridgehead atoms. The van der Waals surface area contributed by atoms with Crippen molar-refractivity contribution in [2.75, 3.05) is 5.75 Å². The number of nitrogens with two attached hydrogens (primary N) is 1. The van der Waals surface area contributed by atoms with E-state index in [-0.39, 0.29) is 11.3 Å². The second kappa shape index (κ2) is 5.27. The van der Waals surface area contributed by atoms with Crippen molar-refractivity contribution in [1.29, 1.82) is 0 Å². The zero-order chi connectivity index (χ0) is 13.2. The maximum atomic E-state index is 12.1. The highest BCUT2D eigenvalue weighted by Gasteiger charge is 2.33. The van der Waals surface area contributed by atoms with Crippen LogP contribution >= 0.6 is 0 Å². The van der Waals surface area contributed by atoms with E-state index in [1.54, 1.807) is 20.8 Å². The van der Waals surface area contributed by atoms with Crippen LogP contribution in [0.1, 0.15) is 65.7 Å². The van der Waals surface area contributed by atoms with Crippen molar-refractivity contribution in [2.45, 2.75) is 76.0 Å². The van der Waals surface area contributed by atoms with Gasteiger partial charge < -0.3 is 5.73 Å². The molecule has 17 heavy (non-hydrogen) atoms. The van der Waals surface area contributed by atoms with Crippen molar-refractivity contribution in [3.05, 3.63) is 0 Å². The topological polar surface area (TPSA) is 60.2 Å². The summed E-state index contributed by atoms with van der Waals surface area (Å²) in [4.78, 5) is 0. The van der Waals surface area contributed by atoms with Crippen molar-refractivity contribution in [3.8, 4) is 0 Å². The number of hydrogen-bond acceptors (Lipinski definition) is 3. The van der Waals surface area contributed by atoms with Crippen molar-refractivity contribution in [1.82, 2.24) is 0 Å². The predicted octanol–water partition coefficient (Wildman–Crippen LogP) is 2.64. The van der Waals surface area contributed by atoms with Gasteiger partial charge in [0, 0.05) is 5.54 Å². The first-order valence-electron chi connectivity index (χ1n) is 6.68. The molecule has 2 N–H and O–H groups in total. The molecule has 0 radical (unpaired) electrons. The van der Waals surface area contributed by atoms with E-state index < -0.39 is 14.6 Å². The van der Waals surface area contributed by atoms with Crippen molar-refractivity contribution >= 4 is 9.84 Å². The SMILES string of the molecule is CC(C)(C)S(=O)(=O)CCC1(N)CCCCCC1. The normalized spacial score (nSPS) is 22.1. The summed E-state index contributed by atoms with van der Waals surface area (Å²) in [5.41, 5.74) is 6.10. The van der Waals surface area contributed by atoms with Crippen LogP contribution in [0.15, 0.2) is 0 Å². The minimum absolute atomic E-state index is 0.229. The van der Waals surface area contributed by atoms with Gasteiger partial charge in [0.2, 0.25) is 0 Å². The van der Waals surface area contributed by atoms with Gasteiger partial charge >= 0.3 is 0 Å².